The van der Waals surface area contributed by atoms with Crippen LogP contribution in [0.3, 0.4) is 0 Å². The molecule has 1 saturated heterocycles. The Morgan fingerprint density at radius 2 is 2.14 bits per heavy atom. The van der Waals surface area contributed by atoms with Gasteiger partial charge < -0.3 is 24.8 Å². The van der Waals surface area contributed by atoms with Gasteiger partial charge in [0.2, 0.25) is 5.75 Å². The Bertz CT molecular complexity index is 659. The van der Waals surface area contributed by atoms with E-state index in [4.69, 9.17) is 21.0 Å². The molecule has 2 heterocycles. The van der Waals surface area contributed by atoms with E-state index in [2.05, 4.69) is 5.92 Å². The van der Waals surface area contributed by atoms with E-state index < -0.39 is 42.4 Å². The van der Waals surface area contributed by atoms with E-state index in [9.17, 15) is 19.8 Å². The molecular weight excluding hydrogens is 284 g/mol. The molecule has 0 aromatic carbocycles. The standard InChI is InChI=1S/C12H14N2O7/c1-2-3-20-6-4-14(12(19)13-10(6)18)11-9(17)8(16)7(5-15)21-11/h1,4,7-9,11,15-17H,3,5H2,(H,13,18,19)/t7-,8-,9-,11-/m1/s1. The Hall–Kier alpha value is -2.12. The maximum absolute atomic E-state index is 11.8. The quantitative estimate of drug-likeness (QED) is 0.440. The van der Waals surface area contributed by atoms with Crippen molar-refractivity contribution >= 4 is 0 Å². The second-order valence-corrected chi connectivity index (χ2v) is 4.38. The molecule has 1 aromatic heterocycles. The summed E-state index contributed by atoms with van der Waals surface area (Å²) >= 11 is 0. The number of H-pyrrole nitrogens is 1. The van der Waals surface area contributed by atoms with E-state index in [-0.39, 0.29) is 12.4 Å². The number of aromatic nitrogens is 2. The van der Waals surface area contributed by atoms with Crippen LogP contribution in [-0.2, 0) is 4.74 Å². The van der Waals surface area contributed by atoms with Crippen LogP contribution in [0.5, 0.6) is 5.75 Å². The molecule has 0 aliphatic carbocycles. The minimum Gasteiger partial charge on any atom is -0.474 e. The zero-order valence-corrected chi connectivity index (χ0v) is 10.8. The van der Waals surface area contributed by atoms with Gasteiger partial charge in [-0.3, -0.25) is 14.3 Å². The monoisotopic (exact) mass is 298 g/mol. The molecule has 4 atom stereocenters. The summed E-state index contributed by atoms with van der Waals surface area (Å²) in [4.78, 5) is 25.3. The van der Waals surface area contributed by atoms with Gasteiger partial charge in [0, 0.05) is 0 Å². The van der Waals surface area contributed by atoms with Crippen molar-refractivity contribution in [1.29, 1.82) is 0 Å². The molecule has 0 amide bonds. The average Bonchev–Trinajstić information content (AvgIpc) is 2.74. The highest BCUT2D eigenvalue weighted by atomic mass is 16.6. The number of nitrogens with zero attached hydrogens (tertiary/aromatic N) is 1. The van der Waals surface area contributed by atoms with Gasteiger partial charge in [-0.05, 0) is 0 Å². The molecule has 0 bridgehead atoms. The van der Waals surface area contributed by atoms with Gasteiger partial charge in [0.25, 0.3) is 5.56 Å². The third kappa shape index (κ3) is 2.84. The van der Waals surface area contributed by atoms with Crippen LogP contribution in [-0.4, -0.2) is 56.4 Å². The lowest BCUT2D eigenvalue weighted by atomic mass is 10.1. The number of rotatable bonds is 4. The first-order valence-electron chi connectivity index (χ1n) is 6.03. The van der Waals surface area contributed by atoms with Crippen LogP contribution in [0.4, 0.5) is 0 Å². The summed E-state index contributed by atoms with van der Waals surface area (Å²) in [6.07, 6.45) is 0.908. The Kier molecular flexibility index (Phi) is 4.44. The number of hydrogen-bond donors (Lipinski definition) is 4. The van der Waals surface area contributed by atoms with Gasteiger partial charge in [-0.1, -0.05) is 5.92 Å². The van der Waals surface area contributed by atoms with Crippen LogP contribution in [0.15, 0.2) is 15.8 Å². The van der Waals surface area contributed by atoms with Gasteiger partial charge >= 0.3 is 5.69 Å². The van der Waals surface area contributed by atoms with Crippen molar-refractivity contribution < 1.29 is 24.8 Å². The molecule has 1 fully saturated rings. The number of aliphatic hydroxyl groups is 3. The van der Waals surface area contributed by atoms with Crippen molar-refractivity contribution in [3.63, 3.8) is 0 Å². The highest BCUT2D eigenvalue weighted by molar-refractivity contribution is 5.14. The molecule has 0 unspecified atom stereocenters. The molecular formula is C12H14N2O7. The molecule has 2 rings (SSSR count). The fourth-order valence-corrected chi connectivity index (χ4v) is 1.99. The Labute approximate surface area is 118 Å². The number of aromatic amines is 1. The molecule has 1 aliphatic heterocycles. The maximum Gasteiger partial charge on any atom is 0.330 e. The number of hydrogen-bond acceptors (Lipinski definition) is 7. The Morgan fingerprint density at radius 3 is 2.71 bits per heavy atom. The molecule has 0 radical (unpaired) electrons. The number of terminal acetylenes is 1. The van der Waals surface area contributed by atoms with Gasteiger partial charge in [0.1, 0.15) is 24.9 Å². The summed E-state index contributed by atoms with van der Waals surface area (Å²) in [5.41, 5.74) is -1.64. The van der Waals surface area contributed by atoms with Gasteiger partial charge in [0.05, 0.1) is 12.8 Å². The van der Waals surface area contributed by atoms with Gasteiger partial charge in [-0.2, -0.15) is 0 Å². The molecule has 114 valence electrons. The van der Waals surface area contributed by atoms with Crippen molar-refractivity contribution in [2.75, 3.05) is 13.2 Å². The van der Waals surface area contributed by atoms with E-state index in [0.29, 0.717) is 0 Å². The van der Waals surface area contributed by atoms with Crippen LogP contribution in [0, 0.1) is 12.3 Å². The van der Waals surface area contributed by atoms with E-state index >= 15 is 0 Å². The largest absolute Gasteiger partial charge is 0.474 e. The molecule has 21 heavy (non-hydrogen) atoms. The van der Waals surface area contributed by atoms with Crippen LogP contribution in [0.2, 0.25) is 0 Å². The van der Waals surface area contributed by atoms with Crippen molar-refractivity contribution in [2.24, 2.45) is 0 Å². The summed E-state index contributed by atoms with van der Waals surface area (Å²) in [6.45, 7) is -0.718. The van der Waals surface area contributed by atoms with Crippen LogP contribution in [0.1, 0.15) is 6.23 Å². The number of nitrogens with one attached hydrogen (secondary N) is 1. The van der Waals surface area contributed by atoms with Gasteiger partial charge in [0.15, 0.2) is 6.23 Å². The predicted octanol–water partition coefficient (Wildman–Crippen LogP) is -2.84. The summed E-state index contributed by atoms with van der Waals surface area (Å²) < 4.78 is 11.0. The van der Waals surface area contributed by atoms with E-state index in [1.165, 1.54) is 0 Å². The first-order valence-corrected chi connectivity index (χ1v) is 6.03. The highest BCUT2D eigenvalue weighted by Crippen LogP contribution is 2.28. The lowest BCUT2D eigenvalue weighted by Gasteiger charge is -2.17. The topological polar surface area (TPSA) is 134 Å². The first-order chi connectivity index (χ1) is 9.99. The third-order valence-electron chi connectivity index (χ3n) is 3.04. The minimum absolute atomic E-state index is 0.183. The fraction of sp³-hybridized carbons (Fsp3) is 0.500. The van der Waals surface area contributed by atoms with Crippen molar-refractivity contribution in [3.8, 4) is 18.1 Å². The lowest BCUT2D eigenvalue weighted by Crippen LogP contribution is -2.38. The zero-order chi connectivity index (χ0) is 15.6. The summed E-state index contributed by atoms with van der Waals surface area (Å²) in [6, 6.07) is 0. The lowest BCUT2D eigenvalue weighted by molar-refractivity contribution is -0.0552. The zero-order valence-electron chi connectivity index (χ0n) is 10.8. The summed E-state index contributed by atoms with van der Waals surface area (Å²) in [5, 5.41) is 28.5. The van der Waals surface area contributed by atoms with Crippen molar-refractivity contribution in [2.45, 2.75) is 24.5 Å². The van der Waals surface area contributed by atoms with Crippen molar-refractivity contribution in [1.82, 2.24) is 9.55 Å². The average molecular weight is 298 g/mol. The molecule has 0 saturated carbocycles. The molecule has 4 N–H and O–H groups in total. The van der Waals surface area contributed by atoms with Gasteiger partial charge in [-0.15, -0.1) is 6.42 Å². The summed E-state index contributed by atoms with van der Waals surface area (Å²) in [7, 11) is 0. The van der Waals surface area contributed by atoms with E-state index in [0.717, 1.165) is 10.8 Å². The molecule has 0 spiro atoms. The van der Waals surface area contributed by atoms with Gasteiger partial charge in [-0.25, -0.2) is 4.79 Å². The van der Waals surface area contributed by atoms with Crippen LogP contribution < -0.4 is 16.0 Å². The van der Waals surface area contributed by atoms with Crippen molar-refractivity contribution in [3.05, 3.63) is 27.0 Å². The van der Waals surface area contributed by atoms with Crippen LogP contribution in [0.25, 0.3) is 0 Å². The normalized spacial score (nSPS) is 28.3. The summed E-state index contributed by atoms with van der Waals surface area (Å²) in [5.74, 6) is 1.93. The van der Waals surface area contributed by atoms with E-state index in [1.807, 2.05) is 4.98 Å². The Balaban J connectivity index is 2.38. The smallest absolute Gasteiger partial charge is 0.330 e. The Morgan fingerprint density at radius 1 is 1.43 bits per heavy atom. The molecule has 1 aromatic rings. The maximum atomic E-state index is 11.8. The fourth-order valence-electron chi connectivity index (χ4n) is 1.99. The predicted molar refractivity (Wildman–Crippen MR) is 68.7 cm³/mol. The molecule has 9 heteroatoms. The highest BCUT2D eigenvalue weighted by Gasteiger charge is 2.43. The SMILES string of the molecule is C#CCOc1cn([C@@H]2O[C@H](CO)[C@@H](O)[C@H]2O)c(=O)[nH]c1=O. The first kappa shape index (κ1) is 15.3. The van der Waals surface area contributed by atoms with Crippen LogP contribution >= 0.6 is 0 Å². The second-order valence-electron chi connectivity index (χ2n) is 4.38. The molecule has 9 nitrogen and oxygen atoms in total. The minimum atomic E-state index is -1.45. The second kappa shape index (κ2) is 6.11. The van der Waals surface area contributed by atoms with E-state index in [1.54, 1.807) is 0 Å². The number of ether oxygens (including phenoxy) is 2. The molecule has 1 aliphatic rings. The third-order valence-corrected chi connectivity index (χ3v) is 3.04. The number of aliphatic hydroxyl groups excluding tert-OH is 3.